The molecule has 11 heteroatoms. The average molecular weight is 435 g/mol. The first-order valence-corrected chi connectivity index (χ1v) is 8.93. The number of alkyl halides is 3. The van der Waals surface area contributed by atoms with E-state index >= 15 is 0 Å². The lowest BCUT2D eigenvalue weighted by molar-refractivity contribution is -0.217. The quantitative estimate of drug-likeness (QED) is 0.538. The van der Waals surface area contributed by atoms with Gasteiger partial charge in [-0.05, 0) is 26.8 Å². The monoisotopic (exact) mass is 435 g/mol. The highest BCUT2D eigenvalue weighted by molar-refractivity contribution is 5.91. The Morgan fingerprint density at radius 1 is 1.27 bits per heavy atom. The van der Waals surface area contributed by atoms with Gasteiger partial charge in [-0.1, -0.05) is 0 Å². The molecule has 30 heavy (non-hydrogen) atoms. The van der Waals surface area contributed by atoms with Crippen LogP contribution in [-0.4, -0.2) is 53.1 Å². The Hall–Kier alpha value is -2.78. The van der Waals surface area contributed by atoms with E-state index in [2.05, 4.69) is 4.74 Å². The lowest BCUT2D eigenvalue weighted by atomic mass is 10.1. The van der Waals surface area contributed by atoms with E-state index < -0.39 is 53.3 Å². The Labute approximate surface area is 169 Å². The van der Waals surface area contributed by atoms with Crippen LogP contribution in [0, 0.1) is 5.82 Å². The van der Waals surface area contributed by atoms with Crippen molar-refractivity contribution in [3.63, 3.8) is 0 Å². The van der Waals surface area contributed by atoms with E-state index in [1.54, 1.807) is 26.7 Å². The summed E-state index contributed by atoms with van der Waals surface area (Å²) in [5.41, 5.74) is -1.21. The summed E-state index contributed by atoms with van der Waals surface area (Å²) in [7, 11) is 0. The Balaban J connectivity index is 2.20. The first-order valence-electron chi connectivity index (χ1n) is 8.93. The number of carboxylic acids is 1. The van der Waals surface area contributed by atoms with Gasteiger partial charge < -0.3 is 14.6 Å². The Kier molecular flexibility index (Phi) is 6.99. The van der Waals surface area contributed by atoms with Crippen LogP contribution in [-0.2, 0) is 9.63 Å². The van der Waals surface area contributed by atoms with Crippen molar-refractivity contribution < 1.29 is 46.6 Å². The van der Waals surface area contributed by atoms with Crippen molar-refractivity contribution in [2.75, 3.05) is 13.2 Å². The Bertz CT molecular complexity index is 843. The van der Waals surface area contributed by atoms with Gasteiger partial charge in [0, 0.05) is 25.5 Å². The molecule has 1 aliphatic rings. The molecule has 1 saturated heterocycles. The van der Waals surface area contributed by atoms with Gasteiger partial charge in [-0.15, -0.1) is 0 Å². The van der Waals surface area contributed by atoms with Crippen LogP contribution in [0.2, 0.25) is 0 Å². The molecule has 1 aliphatic heterocycles. The van der Waals surface area contributed by atoms with Crippen molar-refractivity contribution >= 4 is 11.9 Å². The molecule has 166 valence electrons. The number of benzene rings is 1. The number of carboxylic acid groups (broad SMARTS) is 1. The van der Waals surface area contributed by atoms with Crippen LogP contribution in [0.3, 0.4) is 0 Å². The lowest BCUT2D eigenvalue weighted by Gasteiger charge is -2.36. The van der Waals surface area contributed by atoms with Crippen LogP contribution < -0.4 is 9.47 Å². The second-order valence-corrected chi connectivity index (χ2v) is 7.57. The second kappa shape index (κ2) is 8.93. The molecule has 0 amide bonds. The summed E-state index contributed by atoms with van der Waals surface area (Å²) in [6.45, 7) is 3.86. The zero-order chi connectivity index (χ0) is 22.7. The number of hydrogen-bond donors (Lipinski definition) is 1. The number of carbonyl (C=O) groups is 1. The molecule has 1 fully saturated rings. The summed E-state index contributed by atoms with van der Waals surface area (Å²) in [5.74, 6) is -2.17. The fraction of sp³-hybridized carbons (Fsp3) is 0.526. The molecule has 1 N–H and O–H groups in total. The Morgan fingerprint density at radius 2 is 1.93 bits per heavy atom. The molecule has 0 spiro atoms. The fourth-order valence-electron chi connectivity index (χ4n) is 2.69. The molecule has 0 saturated carbocycles. The Morgan fingerprint density at radius 3 is 2.47 bits per heavy atom. The number of nitrogens with zero attached hydrogens (tertiary/aromatic N) is 1. The van der Waals surface area contributed by atoms with Crippen molar-refractivity contribution in [2.24, 2.45) is 0 Å². The van der Waals surface area contributed by atoms with Crippen LogP contribution in [0.1, 0.15) is 44.0 Å². The number of aromatic carboxylic acids is 1. The predicted molar refractivity (Wildman–Crippen MR) is 95.3 cm³/mol. The topological polar surface area (TPSA) is 85.3 Å². The third-order valence-corrected chi connectivity index (χ3v) is 3.83. The van der Waals surface area contributed by atoms with E-state index in [1.165, 1.54) is 5.06 Å². The largest absolute Gasteiger partial charge is 0.487 e. The lowest BCUT2D eigenvalue weighted by Crippen LogP contribution is -2.41. The van der Waals surface area contributed by atoms with E-state index in [4.69, 9.17) is 14.7 Å². The predicted octanol–water partition coefficient (Wildman–Crippen LogP) is 3.75. The molecule has 0 aromatic heterocycles. The van der Waals surface area contributed by atoms with Crippen molar-refractivity contribution in [2.45, 2.75) is 51.5 Å². The van der Waals surface area contributed by atoms with Crippen LogP contribution in [0.5, 0.6) is 11.5 Å². The standard InChI is InChI=1S/C19H21F4NO6/c1-18(2,3)30-24-5-4-12(6-11(24)9-25)29-16-8-15(28-10-19(21,22)23)13(17(26)27)7-14(16)20/h7-8,12H,4-6,10H2,1-3H3,(H,26,27). The first kappa shape index (κ1) is 23.5. The van der Waals surface area contributed by atoms with E-state index in [1.807, 2.05) is 0 Å². The highest BCUT2D eigenvalue weighted by Gasteiger charge is 2.32. The minimum Gasteiger partial charge on any atom is -0.487 e. The SMILES string of the molecule is CC(C)(C)ON1CCC(Oc2cc(OCC(F)(F)F)c(C(=O)O)cc2F)CC1=C=O. The van der Waals surface area contributed by atoms with Gasteiger partial charge in [0.15, 0.2) is 18.2 Å². The van der Waals surface area contributed by atoms with Crippen LogP contribution in [0.4, 0.5) is 17.6 Å². The zero-order valence-electron chi connectivity index (χ0n) is 16.5. The van der Waals surface area contributed by atoms with Gasteiger partial charge >= 0.3 is 12.1 Å². The van der Waals surface area contributed by atoms with E-state index in [0.717, 1.165) is 6.07 Å². The van der Waals surface area contributed by atoms with E-state index in [-0.39, 0.29) is 18.7 Å². The van der Waals surface area contributed by atoms with Crippen molar-refractivity contribution in [3.8, 4) is 11.5 Å². The number of piperidine rings is 1. The fourth-order valence-corrected chi connectivity index (χ4v) is 2.69. The third-order valence-electron chi connectivity index (χ3n) is 3.83. The van der Waals surface area contributed by atoms with Crippen molar-refractivity contribution in [3.05, 3.63) is 29.2 Å². The number of ether oxygens (including phenoxy) is 2. The summed E-state index contributed by atoms with van der Waals surface area (Å²) in [5, 5.41) is 10.5. The highest BCUT2D eigenvalue weighted by Crippen LogP contribution is 2.33. The normalized spacial score (nSPS) is 17.5. The molecule has 1 unspecified atom stereocenters. The number of halogens is 4. The molecule has 1 aromatic carbocycles. The summed E-state index contributed by atoms with van der Waals surface area (Å²) in [6, 6.07) is 1.28. The molecule has 0 radical (unpaired) electrons. The second-order valence-electron chi connectivity index (χ2n) is 7.57. The van der Waals surface area contributed by atoms with Crippen LogP contribution >= 0.6 is 0 Å². The average Bonchev–Trinajstić information content (AvgIpc) is 2.61. The summed E-state index contributed by atoms with van der Waals surface area (Å²) >= 11 is 0. The maximum atomic E-state index is 14.3. The highest BCUT2D eigenvalue weighted by atomic mass is 19.4. The van der Waals surface area contributed by atoms with Gasteiger partial charge in [-0.25, -0.2) is 19.0 Å². The maximum Gasteiger partial charge on any atom is 0.422 e. The van der Waals surface area contributed by atoms with Crippen molar-refractivity contribution in [1.82, 2.24) is 5.06 Å². The maximum absolute atomic E-state index is 14.3. The molecular weight excluding hydrogens is 414 g/mol. The molecule has 1 aromatic rings. The summed E-state index contributed by atoms with van der Waals surface area (Å²) in [4.78, 5) is 28.1. The van der Waals surface area contributed by atoms with Crippen LogP contribution in [0.15, 0.2) is 17.8 Å². The molecule has 1 heterocycles. The van der Waals surface area contributed by atoms with Crippen LogP contribution in [0.25, 0.3) is 0 Å². The van der Waals surface area contributed by atoms with Gasteiger partial charge in [-0.2, -0.15) is 13.2 Å². The minimum atomic E-state index is -4.71. The van der Waals surface area contributed by atoms with Gasteiger partial charge in [0.1, 0.15) is 29.1 Å². The number of hydroxylamine groups is 2. The smallest absolute Gasteiger partial charge is 0.422 e. The molecule has 0 aliphatic carbocycles. The van der Waals surface area contributed by atoms with E-state index in [0.29, 0.717) is 12.5 Å². The van der Waals surface area contributed by atoms with Crippen molar-refractivity contribution in [1.29, 1.82) is 0 Å². The molecule has 7 nitrogen and oxygen atoms in total. The minimum absolute atomic E-state index is 0.0123. The molecule has 0 bridgehead atoms. The molecule has 1 atom stereocenters. The molecule has 2 rings (SSSR count). The summed E-state index contributed by atoms with van der Waals surface area (Å²) < 4.78 is 61.6. The van der Waals surface area contributed by atoms with Gasteiger partial charge in [0.05, 0.1) is 5.60 Å². The van der Waals surface area contributed by atoms with E-state index in [9.17, 15) is 27.2 Å². The number of carbonyl (C=O) groups excluding carboxylic acids is 1. The van der Waals surface area contributed by atoms with Gasteiger partial charge in [0.25, 0.3) is 0 Å². The third kappa shape index (κ3) is 6.64. The number of rotatable bonds is 6. The molecular formula is C19H21F4NO6. The van der Waals surface area contributed by atoms with Gasteiger partial charge in [-0.3, -0.25) is 4.84 Å². The van der Waals surface area contributed by atoms with Gasteiger partial charge in [0.2, 0.25) is 0 Å². The number of hydrogen-bond acceptors (Lipinski definition) is 6. The first-order chi connectivity index (χ1) is 13.8. The zero-order valence-corrected chi connectivity index (χ0v) is 16.5. The summed E-state index contributed by atoms with van der Waals surface area (Å²) in [6.07, 6.45) is -5.10.